The van der Waals surface area contributed by atoms with Gasteiger partial charge in [-0.1, -0.05) is 13.3 Å². The summed E-state index contributed by atoms with van der Waals surface area (Å²) in [6.07, 6.45) is 3.86. The molecular formula is C27H37FN2O8. The summed E-state index contributed by atoms with van der Waals surface area (Å²) in [6.45, 7) is 2.62. The summed E-state index contributed by atoms with van der Waals surface area (Å²) in [5.74, 6) is -3.20. The highest BCUT2D eigenvalue weighted by Gasteiger charge is 2.42. The predicted molar refractivity (Wildman–Crippen MR) is 134 cm³/mol. The number of aliphatic carboxylic acids is 1. The Morgan fingerprint density at radius 2 is 1.84 bits per heavy atom. The molecule has 2 aliphatic carbocycles. The van der Waals surface area contributed by atoms with Gasteiger partial charge >= 0.3 is 5.97 Å². The quantitative estimate of drug-likeness (QED) is 0.357. The molecule has 210 valence electrons. The molecular weight excluding hydrogens is 499 g/mol. The van der Waals surface area contributed by atoms with Crippen molar-refractivity contribution < 1.29 is 43.2 Å². The highest BCUT2D eigenvalue weighted by Crippen LogP contribution is 2.40. The number of carboxylic acid groups (broad SMARTS) is 1. The van der Waals surface area contributed by atoms with E-state index in [-0.39, 0.29) is 54.4 Å². The van der Waals surface area contributed by atoms with E-state index in [9.17, 15) is 29.0 Å². The Balaban J connectivity index is 1.41. The molecule has 1 aliphatic heterocycles. The first kappa shape index (κ1) is 28.1. The number of aliphatic hydroxyl groups excluding tert-OH is 1. The second-order valence-corrected chi connectivity index (χ2v) is 11.1. The highest BCUT2D eigenvalue weighted by molar-refractivity contribution is 5.98. The molecule has 38 heavy (non-hydrogen) atoms. The van der Waals surface area contributed by atoms with Gasteiger partial charge in [0.05, 0.1) is 56.0 Å². The summed E-state index contributed by atoms with van der Waals surface area (Å²) in [7, 11) is 1.32. The van der Waals surface area contributed by atoms with Crippen molar-refractivity contribution in [2.75, 3.05) is 33.5 Å². The number of carbonyl (C=O) groups excluding carboxylic acids is 2. The molecule has 0 radical (unpaired) electrons. The maximum absolute atomic E-state index is 14.8. The smallest absolute Gasteiger partial charge is 0.311 e. The fraction of sp³-hybridized carbons (Fsp3) is 0.667. The first-order valence-electron chi connectivity index (χ1n) is 13.1. The molecule has 0 spiro atoms. The molecule has 0 bridgehead atoms. The van der Waals surface area contributed by atoms with Gasteiger partial charge in [-0.15, -0.1) is 0 Å². The first-order valence-corrected chi connectivity index (χ1v) is 13.1. The van der Waals surface area contributed by atoms with Crippen LogP contribution in [-0.4, -0.2) is 73.6 Å². The van der Waals surface area contributed by atoms with Gasteiger partial charge in [0, 0.05) is 12.6 Å². The molecule has 2 atom stereocenters. The van der Waals surface area contributed by atoms with Crippen molar-refractivity contribution >= 4 is 17.8 Å². The molecule has 0 unspecified atom stereocenters. The number of amides is 2. The lowest BCUT2D eigenvalue weighted by Gasteiger charge is -2.38. The Morgan fingerprint density at radius 3 is 2.42 bits per heavy atom. The maximum Gasteiger partial charge on any atom is 0.311 e. The molecule has 0 aromatic heterocycles. The van der Waals surface area contributed by atoms with E-state index in [1.807, 2.05) is 0 Å². The topological polar surface area (TPSA) is 143 Å². The largest absolute Gasteiger partial charge is 0.496 e. The molecule has 3 fully saturated rings. The number of hydrogen-bond acceptors (Lipinski definition) is 7. The van der Waals surface area contributed by atoms with E-state index in [2.05, 4.69) is 17.6 Å². The molecule has 2 saturated carbocycles. The Morgan fingerprint density at radius 1 is 1.13 bits per heavy atom. The molecule has 1 aromatic rings. The summed E-state index contributed by atoms with van der Waals surface area (Å²) in [4.78, 5) is 37.6. The van der Waals surface area contributed by atoms with Crippen LogP contribution in [0, 0.1) is 22.6 Å². The SMILES string of the molecule is COc1cc(F)c(O[C@H]2CC[C@@](CO)(C(=O)O)CC2)cc1C(=O)N[C@H]1COC[C@H]1C(=O)NCC1(C)CCC1. The van der Waals surface area contributed by atoms with Crippen LogP contribution < -0.4 is 20.1 Å². The van der Waals surface area contributed by atoms with Gasteiger partial charge in [0.15, 0.2) is 11.6 Å². The number of aliphatic hydroxyl groups is 1. The Labute approximate surface area is 221 Å². The number of nitrogens with one attached hydrogen (secondary N) is 2. The van der Waals surface area contributed by atoms with Crippen molar-refractivity contribution in [3.8, 4) is 11.5 Å². The van der Waals surface area contributed by atoms with E-state index in [0.29, 0.717) is 19.4 Å². The molecule has 4 N–H and O–H groups in total. The van der Waals surface area contributed by atoms with Crippen molar-refractivity contribution in [3.05, 3.63) is 23.5 Å². The molecule has 1 saturated heterocycles. The van der Waals surface area contributed by atoms with Gasteiger partial charge in [-0.05, 0) is 50.0 Å². The number of ether oxygens (including phenoxy) is 3. The fourth-order valence-corrected chi connectivity index (χ4v) is 5.44. The maximum atomic E-state index is 14.8. The van der Waals surface area contributed by atoms with Gasteiger partial charge in [0.2, 0.25) is 5.91 Å². The molecule has 10 nitrogen and oxygen atoms in total. The van der Waals surface area contributed by atoms with Gasteiger partial charge in [0.1, 0.15) is 5.75 Å². The third-order valence-corrected chi connectivity index (χ3v) is 8.42. The minimum absolute atomic E-state index is 0.0130. The monoisotopic (exact) mass is 536 g/mol. The fourth-order valence-electron chi connectivity index (χ4n) is 5.44. The van der Waals surface area contributed by atoms with E-state index >= 15 is 0 Å². The average molecular weight is 537 g/mol. The normalized spacial score (nSPS) is 28.2. The van der Waals surface area contributed by atoms with Gasteiger partial charge < -0.3 is 35.1 Å². The van der Waals surface area contributed by atoms with Crippen LogP contribution in [0.1, 0.15) is 62.2 Å². The minimum atomic E-state index is -1.22. The second kappa shape index (κ2) is 11.4. The number of carbonyl (C=O) groups is 3. The third kappa shape index (κ3) is 5.88. The lowest BCUT2D eigenvalue weighted by molar-refractivity contribution is -0.155. The van der Waals surface area contributed by atoms with Gasteiger partial charge in [0.25, 0.3) is 5.91 Å². The Kier molecular flexibility index (Phi) is 8.46. The third-order valence-electron chi connectivity index (χ3n) is 8.42. The first-order chi connectivity index (χ1) is 18.1. The van der Waals surface area contributed by atoms with Crippen LogP contribution in [0.25, 0.3) is 0 Å². The number of hydrogen-bond donors (Lipinski definition) is 4. The predicted octanol–water partition coefficient (Wildman–Crippen LogP) is 2.27. The van der Waals surface area contributed by atoms with Crippen molar-refractivity contribution in [1.29, 1.82) is 0 Å². The van der Waals surface area contributed by atoms with Gasteiger partial charge in [-0.25, -0.2) is 4.39 Å². The van der Waals surface area contributed by atoms with Gasteiger partial charge in [-0.2, -0.15) is 0 Å². The Bertz CT molecular complexity index is 1050. The number of carboxylic acids is 1. The zero-order chi connectivity index (χ0) is 27.5. The summed E-state index contributed by atoms with van der Waals surface area (Å²) >= 11 is 0. The Hall–Kier alpha value is -2.92. The van der Waals surface area contributed by atoms with Crippen molar-refractivity contribution in [1.82, 2.24) is 10.6 Å². The summed E-state index contributed by atoms with van der Waals surface area (Å²) < 4.78 is 31.4. The molecule has 11 heteroatoms. The van der Waals surface area contributed by atoms with E-state index in [1.165, 1.54) is 13.2 Å². The van der Waals surface area contributed by atoms with Crippen LogP contribution in [0.5, 0.6) is 11.5 Å². The molecule has 4 rings (SSSR count). The summed E-state index contributed by atoms with van der Waals surface area (Å²) in [5.41, 5.74) is -1.05. The number of benzene rings is 1. The molecule has 1 aromatic carbocycles. The van der Waals surface area contributed by atoms with E-state index in [4.69, 9.17) is 14.2 Å². The lowest BCUT2D eigenvalue weighted by Crippen LogP contribution is -2.48. The summed E-state index contributed by atoms with van der Waals surface area (Å²) in [5, 5.41) is 24.8. The number of rotatable bonds is 10. The minimum Gasteiger partial charge on any atom is -0.496 e. The van der Waals surface area contributed by atoms with Gasteiger partial charge in [-0.3, -0.25) is 14.4 Å². The van der Waals surface area contributed by atoms with Crippen molar-refractivity contribution in [2.24, 2.45) is 16.7 Å². The van der Waals surface area contributed by atoms with E-state index < -0.39 is 47.8 Å². The van der Waals surface area contributed by atoms with Crippen LogP contribution in [0.2, 0.25) is 0 Å². The number of methoxy groups -OCH3 is 1. The van der Waals surface area contributed by atoms with Crippen LogP contribution in [0.3, 0.4) is 0 Å². The standard InChI is InChI=1S/C27H37FN2O8/c1-26(6-3-7-26)14-29-23(32)18-12-37-13-20(18)30-24(33)17-10-22(19(28)11-21(17)36-2)38-16-4-8-27(15-31,9-5-16)25(34)35/h10-11,16,18,20,31H,3-9,12-15H2,1-2H3,(H,29,32)(H,30,33)(H,34,35)/t16-,18-,20+,27+/m1/s1. The van der Waals surface area contributed by atoms with Crippen molar-refractivity contribution in [2.45, 2.75) is 64.0 Å². The summed E-state index contributed by atoms with van der Waals surface area (Å²) in [6, 6.07) is 1.77. The molecule has 1 heterocycles. The van der Waals surface area contributed by atoms with Crippen LogP contribution in [0.4, 0.5) is 4.39 Å². The molecule has 3 aliphatic rings. The van der Waals surface area contributed by atoms with Crippen molar-refractivity contribution in [3.63, 3.8) is 0 Å². The van der Waals surface area contributed by atoms with Crippen LogP contribution >= 0.6 is 0 Å². The zero-order valence-electron chi connectivity index (χ0n) is 21.9. The zero-order valence-corrected chi connectivity index (χ0v) is 21.9. The second-order valence-electron chi connectivity index (χ2n) is 11.1. The van der Waals surface area contributed by atoms with Crippen LogP contribution in [0.15, 0.2) is 12.1 Å². The van der Waals surface area contributed by atoms with E-state index in [1.54, 1.807) is 0 Å². The van der Waals surface area contributed by atoms with E-state index in [0.717, 1.165) is 25.3 Å². The average Bonchev–Trinajstić information content (AvgIpc) is 3.35. The number of halogens is 1. The molecule has 2 amide bonds. The highest BCUT2D eigenvalue weighted by atomic mass is 19.1. The lowest BCUT2D eigenvalue weighted by atomic mass is 9.70. The van der Waals surface area contributed by atoms with Crippen LogP contribution in [-0.2, 0) is 14.3 Å².